The normalized spacial score (nSPS) is 11.4. The SMILES string of the molecule is Cc1cc(C)c(-c2csc3nc(CN)cn23)c(C)c1. The number of rotatable bonds is 2. The van der Waals surface area contributed by atoms with Crippen LogP contribution in [0.4, 0.5) is 0 Å². The highest BCUT2D eigenvalue weighted by molar-refractivity contribution is 7.15. The Morgan fingerprint density at radius 3 is 2.53 bits per heavy atom. The summed E-state index contributed by atoms with van der Waals surface area (Å²) in [5.74, 6) is 0. The van der Waals surface area contributed by atoms with Gasteiger partial charge in [-0.25, -0.2) is 4.98 Å². The molecule has 0 aliphatic carbocycles. The summed E-state index contributed by atoms with van der Waals surface area (Å²) < 4.78 is 2.15. The van der Waals surface area contributed by atoms with Crippen LogP contribution >= 0.6 is 11.3 Å². The number of fused-ring (bicyclic) bond motifs is 1. The van der Waals surface area contributed by atoms with E-state index in [4.69, 9.17) is 5.73 Å². The summed E-state index contributed by atoms with van der Waals surface area (Å²) in [6, 6.07) is 4.46. The van der Waals surface area contributed by atoms with Crippen LogP contribution in [0, 0.1) is 20.8 Å². The van der Waals surface area contributed by atoms with E-state index >= 15 is 0 Å². The lowest BCUT2D eigenvalue weighted by molar-refractivity contribution is 1.02. The van der Waals surface area contributed by atoms with Crippen LogP contribution in [-0.4, -0.2) is 9.38 Å². The Labute approximate surface area is 116 Å². The zero-order valence-electron chi connectivity index (χ0n) is 11.4. The van der Waals surface area contributed by atoms with E-state index in [0.717, 1.165) is 10.7 Å². The van der Waals surface area contributed by atoms with Crippen molar-refractivity contribution in [2.45, 2.75) is 27.3 Å². The van der Waals surface area contributed by atoms with E-state index < -0.39 is 0 Å². The van der Waals surface area contributed by atoms with Crippen molar-refractivity contribution in [1.82, 2.24) is 9.38 Å². The maximum absolute atomic E-state index is 5.67. The molecule has 3 nitrogen and oxygen atoms in total. The lowest BCUT2D eigenvalue weighted by Crippen LogP contribution is -1.96. The predicted octanol–water partition coefficient (Wildman–Crippen LogP) is 3.45. The van der Waals surface area contributed by atoms with Gasteiger partial charge in [0.25, 0.3) is 0 Å². The first-order chi connectivity index (χ1) is 9.10. The summed E-state index contributed by atoms with van der Waals surface area (Å²) in [5.41, 5.74) is 13.0. The maximum Gasteiger partial charge on any atom is 0.194 e. The van der Waals surface area contributed by atoms with Crippen molar-refractivity contribution in [2.75, 3.05) is 0 Å². The van der Waals surface area contributed by atoms with Crippen molar-refractivity contribution >= 4 is 16.3 Å². The average molecular weight is 271 g/mol. The Morgan fingerprint density at radius 1 is 1.21 bits per heavy atom. The van der Waals surface area contributed by atoms with Crippen LogP contribution in [0.5, 0.6) is 0 Å². The Hall–Kier alpha value is -1.65. The van der Waals surface area contributed by atoms with Crippen molar-refractivity contribution in [1.29, 1.82) is 0 Å². The Morgan fingerprint density at radius 2 is 1.89 bits per heavy atom. The summed E-state index contributed by atoms with van der Waals surface area (Å²) in [6.45, 7) is 6.95. The topological polar surface area (TPSA) is 43.3 Å². The second kappa shape index (κ2) is 4.47. The first kappa shape index (κ1) is 12.4. The van der Waals surface area contributed by atoms with Gasteiger partial charge in [-0.2, -0.15) is 0 Å². The van der Waals surface area contributed by atoms with Crippen LogP contribution in [0.15, 0.2) is 23.7 Å². The van der Waals surface area contributed by atoms with Gasteiger partial charge in [0.15, 0.2) is 4.96 Å². The summed E-state index contributed by atoms with van der Waals surface area (Å²) >= 11 is 1.66. The number of benzene rings is 1. The molecule has 0 fully saturated rings. The van der Waals surface area contributed by atoms with E-state index in [-0.39, 0.29) is 0 Å². The molecule has 0 spiro atoms. The van der Waals surface area contributed by atoms with Crippen LogP contribution in [0.2, 0.25) is 0 Å². The molecule has 0 radical (unpaired) electrons. The van der Waals surface area contributed by atoms with Crippen molar-refractivity contribution in [3.05, 3.63) is 46.1 Å². The third kappa shape index (κ3) is 1.97. The second-order valence-electron chi connectivity index (χ2n) is 4.98. The quantitative estimate of drug-likeness (QED) is 0.776. The highest BCUT2D eigenvalue weighted by Gasteiger charge is 2.13. The van der Waals surface area contributed by atoms with Gasteiger partial charge in [0.1, 0.15) is 0 Å². The Balaban J connectivity index is 2.27. The molecule has 3 aromatic rings. The molecular formula is C15H17N3S. The van der Waals surface area contributed by atoms with Crippen LogP contribution in [-0.2, 0) is 6.54 Å². The molecule has 0 bridgehead atoms. The number of thiazole rings is 1. The molecule has 0 amide bonds. The van der Waals surface area contributed by atoms with Crippen LogP contribution in [0.1, 0.15) is 22.4 Å². The molecule has 0 saturated heterocycles. The molecule has 0 atom stereocenters. The second-order valence-corrected chi connectivity index (χ2v) is 5.82. The van der Waals surface area contributed by atoms with Gasteiger partial charge in [-0.3, -0.25) is 4.40 Å². The minimum Gasteiger partial charge on any atom is -0.325 e. The Kier molecular flexibility index (Phi) is 2.92. The van der Waals surface area contributed by atoms with Gasteiger partial charge in [-0.05, 0) is 31.9 Å². The lowest BCUT2D eigenvalue weighted by Gasteiger charge is -2.10. The zero-order valence-corrected chi connectivity index (χ0v) is 12.2. The summed E-state index contributed by atoms with van der Waals surface area (Å²) in [5, 5.41) is 2.17. The highest BCUT2D eigenvalue weighted by Crippen LogP contribution is 2.32. The summed E-state index contributed by atoms with van der Waals surface area (Å²) in [4.78, 5) is 5.52. The molecule has 1 aromatic carbocycles. The van der Waals surface area contributed by atoms with Crippen molar-refractivity contribution in [2.24, 2.45) is 5.73 Å². The fourth-order valence-corrected chi connectivity index (χ4v) is 3.58. The number of imidazole rings is 1. The van der Waals surface area contributed by atoms with Crippen molar-refractivity contribution in [3.63, 3.8) is 0 Å². The standard InChI is InChI=1S/C15H17N3S/c1-9-4-10(2)14(11(3)5-9)13-8-19-15-17-12(6-16)7-18(13)15/h4-5,7-8H,6,16H2,1-3H3. The van der Waals surface area contributed by atoms with Gasteiger partial charge in [0, 0.05) is 23.7 Å². The largest absolute Gasteiger partial charge is 0.325 e. The highest BCUT2D eigenvalue weighted by atomic mass is 32.1. The van der Waals surface area contributed by atoms with E-state index in [1.54, 1.807) is 11.3 Å². The Bertz CT molecular complexity index is 729. The minimum atomic E-state index is 0.486. The molecule has 0 saturated carbocycles. The molecule has 0 aliphatic rings. The number of aryl methyl sites for hydroxylation is 3. The maximum atomic E-state index is 5.67. The first-order valence-corrected chi connectivity index (χ1v) is 7.22. The van der Waals surface area contributed by atoms with Crippen molar-refractivity contribution in [3.8, 4) is 11.3 Å². The van der Waals surface area contributed by atoms with E-state index in [9.17, 15) is 0 Å². The van der Waals surface area contributed by atoms with Crippen LogP contribution in [0.25, 0.3) is 16.2 Å². The van der Waals surface area contributed by atoms with Gasteiger partial charge in [0.05, 0.1) is 11.4 Å². The van der Waals surface area contributed by atoms with E-state index in [2.05, 4.69) is 47.7 Å². The molecule has 3 rings (SSSR count). The van der Waals surface area contributed by atoms with E-state index in [0.29, 0.717) is 6.54 Å². The minimum absolute atomic E-state index is 0.486. The number of nitrogens with two attached hydrogens (primary N) is 1. The molecule has 2 heterocycles. The smallest absolute Gasteiger partial charge is 0.194 e. The van der Waals surface area contributed by atoms with Gasteiger partial charge in [0.2, 0.25) is 0 Å². The van der Waals surface area contributed by atoms with Gasteiger partial charge < -0.3 is 5.73 Å². The number of nitrogens with zero attached hydrogens (tertiary/aromatic N) is 2. The monoisotopic (exact) mass is 271 g/mol. The van der Waals surface area contributed by atoms with Gasteiger partial charge >= 0.3 is 0 Å². The predicted molar refractivity (Wildman–Crippen MR) is 80.6 cm³/mol. The summed E-state index contributed by atoms with van der Waals surface area (Å²) in [7, 11) is 0. The molecule has 0 unspecified atom stereocenters. The van der Waals surface area contributed by atoms with Gasteiger partial charge in [-0.15, -0.1) is 11.3 Å². The molecular weight excluding hydrogens is 254 g/mol. The molecule has 0 aliphatic heterocycles. The van der Waals surface area contributed by atoms with E-state index in [1.165, 1.54) is 27.9 Å². The summed E-state index contributed by atoms with van der Waals surface area (Å²) in [6.07, 6.45) is 2.04. The zero-order chi connectivity index (χ0) is 13.6. The fraction of sp³-hybridized carbons (Fsp3) is 0.267. The first-order valence-electron chi connectivity index (χ1n) is 6.34. The van der Waals surface area contributed by atoms with Crippen LogP contribution < -0.4 is 5.73 Å². The third-order valence-corrected chi connectivity index (χ3v) is 4.24. The lowest BCUT2D eigenvalue weighted by atomic mass is 9.98. The van der Waals surface area contributed by atoms with E-state index in [1.807, 2.05) is 6.20 Å². The molecule has 2 N–H and O–H groups in total. The van der Waals surface area contributed by atoms with Crippen molar-refractivity contribution < 1.29 is 0 Å². The fourth-order valence-electron chi connectivity index (χ4n) is 2.69. The molecule has 2 aromatic heterocycles. The molecule has 98 valence electrons. The number of aromatic nitrogens is 2. The molecule has 19 heavy (non-hydrogen) atoms. The van der Waals surface area contributed by atoms with Gasteiger partial charge in [-0.1, -0.05) is 17.7 Å². The number of hydrogen-bond acceptors (Lipinski definition) is 3. The third-order valence-electron chi connectivity index (χ3n) is 3.40. The van der Waals surface area contributed by atoms with Crippen LogP contribution in [0.3, 0.4) is 0 Å². The average Bonchev–Trinajstić information content (AvgIpc) is 2.89. The molecule has 4 heteroatoms. The number of hydrogen-bond donors (Lipinski definition) is 1.